The lowest BCUT2D eigenvalue weighted by atomic mass is 9.93. The molecule has 0 heterocycles. The van der Waals surface area contributed by atoms with E-state index in [1.54, 1.807) is 11.8 Å². The first-order valence-corrected chi connectivity index (χ1v) is 6.91. The summed E-state index contributed by atoms with van der Waals surface area (Å²) >= 11 is 5.15. The molecule has 1 aliphatic rings. The van der Waals surface area contributed by atoms with E-state index in [1.807, 2.05) is 18.2 Å². The summed E-state index contributed by atoms with van der Waals surface area (Å²) in [5.74, 6) is 0. The van der Waals surface area contributed by atoms with E-state index < -0.39 is 5.60 Å². The molecule has 1 N–H and O–H groups in total. The predicted octanol–water partition coefficient (Wildman–Crippen LogP) is 3.67. The van der Waals surface area contributed by atoms with Gasteiger partial charge < -0.3 is 5.11 Å². The molecule has 0 saturated heterocycles. The quantitative estimate of drug-likeness (QED) is 0.837. The number of benzene rings is 1. The molecule has 0 bridgehead atoms. The van der Waals surface area contributed by atoms with Crippen molar-refractivity contribution in [1.29, 1.82) is 0 Å². The maximum atomic E-state index is 10.5. The Morgan fingerprint density at radius 1 is 1.33 bits per heavy atom. The van der Waals surface area contributed by atoms with Crippen LogP contribution >= 0.6 is 27.7 Å². The number of rotatable bonds is 2. The number of halogens is 1. The third-order valence-electron chi connectivity index (χ3n) is 2.79. The van der Waals surface area contributed by atoms with Crippen LogP contribution < -0.4 is 0 Å². The van der Waals surface area contributed by atoms with E-state index in [-0.39, 0.29) is 0 Å². The Morgan fingerprint density at radius 3 is 2.47 bits per heavy atom. The molecule has 1 atom stereocenters. The third kappa shape index (κ3) is 2.01. The summed E-state index contributed by atoms with van der Waals surface area (Å²) in [7, 11) is 0. The normalized spacial score (nSPS) is 25.4. The molecule has 2 rings (SSSR count). The summed E-state index contributed by atoms with van der Waals surface area (Å²) in [5.41, 5.74) is 0.178. The molecule has 1 nitrogen and oxygen atoms in total. The van der Waals surface area contributed by atoms with Crippen LogP contribution in [0.4, 0.5) is 0 Å². The molecule has 1 aromatic rings. The Hall–Kier alpha value is -0.250. The van der Waals surface area contributed by atoms with E-state index in [2.05, 4.69) is 34.3 Å². The van der Waals surface area contributed by atoms with E-state index in [0.29, 0.717) is 0 Å². The molecule has 0 fully saturated rings. The van der Waals surface area contributed by atoms with Crippen molar-refractivity contribution in [3.05, 3.63) is 40.4 Å². The molecule has 0 spiro atoms. The van der Waals surface area contributed by atoms with Gasteiger partial charge in [0.2, 0.25) is 0 Å². The van der Waals surface area contributed by atoms with E-state index in [4.69, 9.17) is 0 Å². The van der Waals surface area contributed by atoms with Gasteiger partial charge in [0.15, 0.2) is 0 Å². The van der Waals surface area contributed by atoms with Crippen LogP contribution in [-0.4, -0.2) is 11.4 Å². The van der Waals surface area contributed by atoms with Crippen LogP contribution in [0.3, 0.4) is 0 Å². The van der Waals surface area contributed by atoms with Crippen LogP contribution in [-0.2, 0) is 5.60 Å². The summed E-state index contributed by atoms with van der Waals surface area (Å²) in [6, 6.07) is 8.12. The summed E-state index contributed by atoms with van der Waals surface area (Å²) in [4.78, 5) is 1.22. The van der Waals surface area contributed by atoms with Gasteiger partial charge in [-0.25, -0.2) is 0 Å². The van der Waals surface area contributed by atoms with Crippen molar-refractivity contribution in [2.45, 2.75) is 23.3 Å². The Labute approximate surface area is 103 Å². The first-order valence-electron chi connectivity index (χ1n) is 4.90. The molecule has 0 aromatic heterocycles. The smallest absolute Gasteiger partial charge is 0.121 e. The summed E-state index contributed by atoms with van der Waals surface area (Å²) < 4.78 is 0.895. The van der Waals surface area contributed by atoms with Crippen molar-refractivity contribution in [2.24, 2.45) is 0 Å². The first kappa shape index (κ1) is 11.2. The minimum absolute atomic E-state index is 0.770. The lowest BCUT2D eigenvalue weighted by molar-refractivity contribution is 0.0864. The highest BCUT2D eigenvalue weighted by Crippen LogP contribution is 2.42. The zero-order valence-corrected chi connectivity index (χ0v) is 10.9. The van der Waals surface area contributed by atoms with Gasteiger partial charge in [-0.05, 0) is 36.8 Å². The minimum atomic E-state index is -0.795. The maximum Gasteiger partial charge on any atom is 0.121 e. The van der Waals surface area contributed by atoms with Crippen molar-refractivity contribution in [3.8, 4) is 0 Å². The highest BCUT2D eigenvalue weighted by Gasteiger charge is 2.35. The van der Waals surface area contributed by atoms with Crippen molar-refractivity contribution in [3.63, 3.8) is 0 Å². The second-order valence-electron chi connectivity index (χ2n) is 3.68. The van der Waals surface area contributed by atoms with E-state index in [9.17, 15) is 5.11 Å². The van der Waals surface area contributed by atoms with Crippen LogP contribution in [0.15, 0.2) is 39.7 Å². The second kappa shape index (κ2) is 4.32. The molecule has 3 heteroatoms. The van der Waals surface area contributed by atoms with Crippen molar-refractivity contribution >= 4 is 27.7 Å². The maximum absolute atomic E-state index is 10.5. The van der Waals surface area contributed by atoms with Crippen LogP contribution in [0.25, 0.3) is 0 Å². The van der Waals surface area contributed by atoms with Crippen LogP contribution in [0.5, 0.6) is 0 Å². The molecule has 1 aliphatic carbocycles. The summed E-state index contributed by atoms with van der Waals surface area (Å²) in [5, 5.41) is 10.5. The predicted molar refractivity (Wildman–Crippen MR) is 68.4 cm³/mol. The lowest BCUT2D eigenvalue weighted by Gasteiger charge is -2.24. The fourth-order valence-electron chi connectivity index (χ4n) is 1.85. The van der Waals surface area contributed by atoms with Crippen LogP contribution in [0.2, 0.25) is 0 Å². The monoisotopic (exact) mass is 284 g/mol. The van der Waals surface area contributed by atoms with Crippen LogP contribution in [0.1, 0.15) is 18.4 Å². The van der Waals surface area contributed by atoms with Gasteiger partial charge in [0.05, 0.1) is 0 Å². The van der Waals surface area contributed by atoms with Gasteiger partial charge in [-0.15, -0.1) is 11.8 Å². The highest BCUT2D eigenvalue weighted by molar-refractivity contribution is 9.11. The molecule has 0 radical (unpaired) electrons. The SMILES string of the molecule is CSc1ccc(C2(O)CCC=C2Br)cc1. The molecule has 1 unspecified atom stereocenters. The van der Waals surface area contributed by atoms with Gasteiger partial charge in [0.1, 0.15) is 5.60 Å². The number of allylic oxidation sites excluding steroid dienone is 1. The molecule has 15 heavy (non-hydrogen) atoms. The molecule has 0 amide bonds. The zero-order chi connectivity index (χ0) is 10.9. The first-order chi connectivity index (χ1) is 7.16. The Balaban J connectivity index is 2.33. The summed E-state index contributed by atoms with van der Waals surface area (Å²) in [6.07, 6.45) is 5.80. The number of hydrogen-bond acceptors (Lipinski definition) is 2. The van der Waals surface area contributed by atoms with Crippen molar-refractivity contribution in [1.82, 2.24) is 0 Å². The topological polar surface area (TPSA) is 20.2 Å². The van der Waals surface area contributed by atoms with Gasteiger partial charge in [-0.2, -0.15) is 0 Å². The largest absolute Gasteiger partial charge is 0.380 e. The number of hydrogen-bond donors (Lipinski definition) is 1. The van der Waals surface area contributed by atoms with Gasteiger partial charge in [-0.1, -0.05) is 34.1 Å². The van der Waals surface area contributed by atoms with Gasteiger partial charge >= 0.3 is 0 Å². The molecule has 1 aromatic carbocycles. The van der Waals surface area contributed by atoms with Gasteiger partial charge in [0, 0.05) is 9.38 Å². The Morgan fingerprint density at radius 2 is 2.00 bits per heavy atom. The standard InChI is InChI=1S/C12H13BrOS/c1-15-10-6-4-9(5-7-10)12(14)8-2-3-11(12)13/h3-7,14H,2,8H2,1H3. The molecule has 0 aliphatic heterocycles. The fourth-order valence-corrected chi connectivity index (χ4v) is 2.91. The average Bonchev–Trinajstić information content (AvgIpc) is 2.61. The average molecular weight is 285 g/mol. The Bertz CT molecular complexity index is 385. The van der Waals surface area contributed by atoms with Crippen molar-refractivity contribution in [2.75, 3.05) is 6.26 Å². The fraction of sp³-hybridized carbons (Fsp3) is 0.333. The summed E-state index contributed by atoms with van der Waals surface area (Å²) in [6.45, 7) is 0. The van der Waals surface area contributed by atoms with Crippen LogP contribution in [0, 0.1) is 0 Å². The lowest BCUT2D eigenvalue weighted by Crippen LogP contribution is -2.22. The number of aliphatic hydroxyl groups is 1. The molecule has 80 valence electrons. The van der Waals surface area contributed by atoms with Gasteiger partial charge in [-0.3, -0.25) is 0 Å². The Kier molecular flexibility index (Phi) is 3.24. The van der Waals surface area contributed by atoms with E-state index in [1.165, 1.54) is 4.90 Å². The van der Waals surface area contributed by atoms with Gasteiger partial charge in [0.25, 0.3) is 0 Å². The van der Waals surface area contributed by atoms with E-state index in [0.717, 1.165) is 22.9 Å². The molecule has 0 saturated carbocycles. The minimum Gasteiger partial charge on any atom is -0.380 e. The molecular weight excluding hydrogens is 272 g/mol. The third-order valence-corrected chi connectivity index (χ3v) is 4.52. The van der Waals surface area contributed by atoms with Crippen molar-refractivity contribution < 1.29 is 5.11 Å². The molecular formula is C12H13BrOS. The number of thioether (sulfide) groups is 1. The second-order valence-corrected chi connectivity index (χ2v) is 5.41. The zero-order valence-electron chi connectivity index (χ0n) is 8.53. The highest BCUT2D eigenvalue weighted by atomic mass is 79.9. The van der Waals surface area contributed by atoms with E-state index >= 15 is 0 Å².